The zero-order valence-corrected chi connectivity index (χ0v) is 11.1. The molecule has 2 heterocycles. The van der Waals surface area contributed by atoms with Gasteiger partial charge in [0.15, 0.2) is 12.4 Å². The lowest BCUT2D eigenvalue weighted by Crippen LogP contribution is -2.33. The van der Waals surface area contributed by atoms with E-state index >= 15 is 0 Å². The third-order valence-electron chi connectivity index (χ3n) is 2.72. The van der Waals surface area contributed by atoms with Crippen molar-refractivity contribution in [3.63, 3.8) is 0 Å². The van der Waals surface area contributed by atoms with E-state index in [0.717, 1.165) is 11.1 Å². The van der Waals surface area contributed by atoms with Crippen LogP contribution in [0.15, 0.2) is 49.1 Å². The maximum absolute atomic E-state index is 10.6. The quantitative estimate of drug-likeness (QED) is 0.662. The zero-order chi connectivity index (χ0) is 13.7. The number of aromatic nitrogens is 2. The van der Waals surface area contributed by atoms with E-state index in [4.69, 9.17) is 4.55 Å². The van der Waals surface area contributed by atoms with Crippen LogP contribution in [0.3, 0.4) is 0 Å². The fraction of sp³-hybridized carbons (Fsp3) is 0.231. The normalized spacial score (nSPS) is 11.4. The summed E-state index contributed by atoms with van der Waals surface area (Å²) in [6.45, 7) is 0.552. The number of hydrogen-bond donors (Lipinski definition) is 1. The second kappa shape index (κ2) is 5.90. The predicted molar refractivity (Wildman–Crippen MR) is 70.9 cm³/mol. The molecule has 0 bridgehead atoms. The Morgan fingerprint density at radius 3 is 2.21 bits per heavy atom. The van der Waals surface area contributed by atoms with E-state index < -0.39 is 10.1 Å². The van der Waals surface area contributed by atoms with Gasteiger partial charge in [-0.1, -0.05) is 0 Å². The van der Waals surface area contributed by atoms with Gasteiger partial charge < -0.3 is 0 Å². The minimum Gasteiger partial charge on any atom is -0.286 e. The molecule has 0 atom stereocenters. The Bertz CT molecular complexity index is 625. The Balaban J connectivity index is 1.99. The zero-order valence-electron chi connectivity index (χ0n) is 10.3. The number of rotatable bonds is 5. The smallest absolute Gasteiger partial charge is 0.265 e. The third kappa shape index (κ3) is 4.42. The monoisotopic (exact) mass is 279 g/mol. The molecule has 0 unspecified atom stereocenters. The molecule has 0 fully saturated rings. The highest BCUT2D eigenvalue weighted by Crippen LogP contribution is 2.15. The molecule has 0 aliphatic heterocycles. The van der Waals surface area contributed by atoms with Crippen LogP contribution in [0.25, 0.3) is 11.1 Å². The number of hydrogen-bond acceptors (Lipinski definition) is 3. The molecule has 2 rings (SSSR count). The van der Waals surface area contributed by atoms with Crippen molar-refractivity contribution in [2.24, 2.45) is 0 Å². The van der Waals surface area contributed by atoms with Gasteiger partial charge in [-0.05, 0) is 23.3 Å². The van der Waals surface area contributed by atoms with Crippen LogP contribution in [-0.4, -0.2) is 23.7 Å². The maximum Gasteiger partial charge on any atom is 0.265 e. The first-order chi connectivity index (χ1) is 9.04. The molecule has 0 radical (unpaired) electrons. The SMILES string of the molecule is O=S(=O)(O)CCC[n+]1ccc(-c2ccncc2)cc1. The molecule has 19 heavy (non-hydrogen) atoms. The lowest BCUT2D eigenvalue weighted by Gasteiger charge is -2.00. The van der Waals surface area contributed by atoms with E-state index in [0.29, 0.717) is 13.0 Å². The Labute approximate surface area is 112 Å². The molecule has 100 valence electrons. The average molecular weight is 279 g/mol. The fourth-order valence-corrected chi connectivity index (χ4v) is 2.27. The first-order valence-corrected chi connectivity index (χ1v) is 7.50. The molecule has 2 aromatic rings. The summed E-state index contributed by atoms with van der Waals surface area (Å²) in [6.07, 6.45) is 7.64. The fourth-order valence-electron chi connectivity index (χ4n) is 1.77. The van der Waals surface area contributed by atoms with E-state index in [-0.39, 0.29) is 5.75 Å². The number of pyridine rings is 2. The summed E-state index contributed by atoms with van der Waals surface area (Å²) >= 11 is 0. The van der Waals surface area contributed by atoms with Crippen molar-refractivity contribution in [3.8, 4) is 11.1 Å². The Kier molecular flexibility index (Phi) is 4.24. The van der Waals surface area contributed by atoms with Crippen LogP contribution in [0.2, 0.25) is 0 Å². The third-order valence-corrected chi connectivity index (χ3v) is 3.53. The van der Waals surface area contributed by atoms with Gasteiger partial charge >= 0.3 is 0 Å². The van der Waals surface area contributed by atoms with E-state index in [9.17, 15) is 8.42 Å². The van der Waals surface area contributed by atoms with Gasteiger partial charge in [-0.25, -0.2) is 4.57 Å². The van der Waals surface area contributed by atoms with Gasteiger partial charge in [0.05, 0.1) is 5.75 Å². The molecule has 0 aliphatic carbocycles. The van der Waals surface area contributed by atoms with Crippen molar-refractivity contribution in [1.82, 2.24) is 4.98 Å². The summed E-state index contributed by atoms with van der Waals surface area (Å²) in [6, 6.07) is 7.78. The van der Waals surface area contributed by atoms with Crippen LogP contribution in [0.5, 0.6) is 0 Å². The van der Waals surface area contributed by atoms with Crippen molar-refractivity contribution >= 4 is 10.1 Å². The minimum absolute atomic E-state index is 0.216. The van der Waals surface area contributed by atoms with Crippen LogP contribution in [0, 0.1) is 0 Å². The van der Waals surface area contributed by atoms with Crippen LogP contribution >= 0.6 is 0 Å². The van der Waals surface area contributed by atoms with Gasteiger partial charge in [0.25, 0.3) is 10.1 Å². The predicted octanol–water partition coefficient (Wildman–Crippen LogP) is 1.31. The van der Waals surface area contributed by atoms with E-state index in [2.05, 4.69) is 4.98 Å². The van der Waals surface area contributed by atoms with Crippen molar-refractivity contribution in [2.45, 2.75) is 13.0 Å². The summed E-state index contributed by atoms with van der Waals surface area (Å²) in [5.74, 6) is -0.216. The lowest BCUT2D eigenvalue weighted by molar-refractivity contribution is -0.696. The highest BCUT2D eigenvalue weighted by molar-refractivity contribution is 7.85. The summed E-state index contributed by atoms with van der Waals surface area (Å²) in [5.41, 5.74) is 2.16. The second-order valence-electron chi connectivity index (χ2n) is 4.20. The van der Waals surface area contributed by atoms with Crippen molar-refractivity contribution in [3.05, 3.63) is 49.1 Å². The first kappa shape index (κ1) is 13.6. The van der Waals surface area contributed by atoms with Crippen LogP contribution in [-0.2, 0) is 16.7 Å². The largest absolute Gasteiger partial charge is 0.286 e. The van der Waals surface area contributed by atoms with Gasteiger partial charge in [0, 0.05) is 30.9 Å². The molecule has 0 aromatic carbocycles. The van der Waals surface area contributed by atoms with Gasteiger partial charge in [-0.2, -0.15) is 8.42 Å². The van der Waals surface area contributed by atoms with Crippen molar-refractivity contribution in [1.29, 1.82) is 0 Å². The summed E-state index contributed by atoms with van der Waals surface area (Å²) in [5, 5.41) is 0. The molecule has 0 saturated carbocycles. The van der Waals surface area contributed by atoms with Crippen LogP contribution in [0.1, 0.15) is 6.42 Å². The molecule has 0 saturated heterocycles. The van der Waals surface area contributed by atoms with Crippen LogP contribution < -0.4 is 4.57 Å². The van der Waals surface area contributed by atoms with Gasteiger partial charge in [-0.15, -0.1) is 0 Å². The van der Waals surface area contributed by atoms with E-state index in [1.165, 1.54) is 0 Å². The summed E-state index contributed by atoms with van der Waals surface area (Å²) in [7, 11) is -3.87. The average Bonchev–Trinajstić information content (AvgIpc) is 2.39. The lowest BCUT2D eigenvalue weighted by atomic mass is 10.1. The minimum atomic E-state index is -3.87. The van der Waals surface area contributed by atoms with Crippen LogP contribution in [0.4, 0.5) is 0 Å². The molecule has 0 spiro atoms. The number of nitrogens with zero attached hydrogens (tertiary/aromatic N) is 2. The molecule has 5 nitrogen and oxygen atoms in total. The van der Waals surface area contributed by atoms with Gasteiger partial charge in [0.1, 0.15) is 6.54 Å². The van der Waals surface area contributed by atoms with Crippen molar-refractivity contribution in [2.75, 3.05) is 5.75 Å². The Hall–Kier alpha value is -1.79. The molecule has 6 heteroatoms. The molecule has 1 N–H and O–H groups in total. The second-order valence-corrected chi connectivity index (χ2v) is 5.77. The van der Waals surface area contributed by atoms with Crippen molar-refractivity contribution < 1.29 is 17.5 Å². The maximum atomic E-state index is 10.6. The number of aryl methyl sites for hydroxylation is 1. The molecule has 0 aliphatic rings. The van der Waals surface area contributed by atoms with Gasteiger partial charge in [0.2, 0.25) is 0 Å². The summed E-state index contributed by atoms with van der Waals surface area (Å²) < 4.78 is 31.7. The molecular weight excluding hydrogens is 264 g/mol. The highest BCUT2D eigenvalue weighted by atomic mass is 32.2. The Morgan fingerprint density at radius 1 is 1.05 bits per heavy atom. The van der Waals surface area contributed by atoms with E-state index in [1.807, 2.05) is 41.2 Å². The molecule has 0 amide bonds. The Morgan fingerprint density at radius 2 is 1.63 bits per heavy atom. The molecular formula is C13H15N2O3S+. The molecule has 2 aromatic heterocycles. The van der Waals surface area contributed by atoms with Gasteiger partial charge in [-0.3, -0.25) is 9.54 Å². The summed E-state index contributed by atoms with van der Waals surface area (Å²) in [4.78, 5) is 3.97. The highest BCUT2D eigenvalue weighted by Gasteiger charge is 2.07. The standard InChI is InChI=1S/C13H14N2O3S/c16-19(17,18)11-1-8-15-9-4-13(5-10-15)12-2-6-14-7-3-12/h2-7,9-10H,1,8,11H2/p+1. The topological polar surface area (TPSA) is 71.1 Å². The first-order valence-electron chi connectivity index (χ1n) is 5.89. The van der Waals surface area contributed by atoms with E-state index in [1.54, 1.807) is 12.4 Å².